The molecule has 1 atom stereocenters. The van der Waals surface area contributed by atoms with Crippen LogP contribution in [0.25, 0.3) is 0 Å². The van der Waals surface area contributed by atoms with Crippen LogP contribution in [0, 0.1) is 0 Å². The van der Waals surface area contributed by atoms with Gasteiger partial charge in [0.1, 0.15) is 6.04 Å². The SMILES string of the molecule is NCCCC[C@H](NC(=O)c1ccccc1)C(=O)NCc1ccccc1. The Balaban J connectivity index is 1.96. The molecule has 25 heavy (non-hydrogen) atoms. The molecular formula is C20H25N3O2. The lowest BCUT2D eigenvalue weighted by Gasteiger charge is -2.18. The average Bonchev–Trinajstić information content (AvgIpc) is 2.67. The van der Waals surface area contributed by atoms with Crippen molar-refractivity contribution in [2.75, 3.05) is 6.54 Å². The molecule has 0 saturated heterocycles. The van der Waals surface area contributed by atoms with Gasteiger partial charge in [-0.2, -0.15) is 0 Å². The van der Waals surface area contributed by atoms with Gasteiger partial charge >= 0.3 is 0 Å². The molecule has 0 fully saturated rings. The van der Waals surface area contributed by atoms with Gasteiger partial charge in [-0.15, -0.1) is 0 Å². The van der Waals surface area contributed by atoms with E-state index in [1.807, 2.05) is 36.4 Å². The molecule has 2 aromatic rings. The predicted molar refractivity (Wildman–Crippen MR) is 98.9 cm³/mol. The van der Waals surface area contributed by atoms with Gasteiger partial charge in [0, 0.05) is 12.1 Å². The number of hydrogen-bond donors (Lipinski definition) is 3. The second kappa shape index (κ2) is 10.3. The molecule has 0 aliphatic heterocycles. The van der Waals surface area contributed by atoms with Crippen molar-refractivity contribution in [2.45, 2.75) is 31.8 Å². The molecule has 2 aromatic carbocycles. The standard InChI is InChI=1S/C20H25N3O2/c21-14-8-7-13-18(23-19(24)17-11-5-2-6-12-17)20(25)22-15-16-9-3-1-4-10-16/h1-6,9-12,18H,7-8,13-15,21H2,(H,22,25)(H,23,24)/t18-/m0/s1. The Morgan fingerprint density at radius 1 is 0.920 bits per heavy atom. The Morgan fingerprint density at radius 3 is 2.20 bits per heavy atom. The minimum absolute atomic E-state index is 0.176. The first-order chi connectivity index (χ1) is 12.2. The van der Waals surface area contributed by atoms with Crippen LogP contribution in [-0.2, 0) is 11.3 Å². The second-order valence-corrected chi connectivity index (χ2v) is 5.88. The van der Waals surface area contributed by atoms with E-state index in [0.29, 0.717) is 25.1 Å². The van der Waals surface area contributed by atoms with Gasteiger partial charge in [-0.3, -0.25) is 9.59 Å². The summed E-state index contributed by atoms with van der Waals surface area (Å²) in [4.78, 5) is 24.9. The van der Waals surface area contributed by atoms with Gasteiger partial charge in [0.15, 0.2) is 0 Å². The maximum absolute atomic E-state index is 12.5. The van der Waals surface area contributed by atoms with Gasteiger partial charge in [0.2, 0.25) is 5.91 Å². The fourth-order valence-electron chi connectivity index (χ4n) is 2.50. The highest BCUT2D eigenvalue weighted by Gasteiger charge is 2.20. The number of rotatable bonds is 9. The summed E-state index contributed by atoms with van der Waals surface area (Å²) in [5.41, 5.74) is 7.09. The van der Waals surface area contributed by atoms with Crippen molar-refractivity contribution < 1.29 is 9.59 Å². The van der Waals surface area contributed by atoms with E-state index in [9.17, 15) is 9.59 Å². The molecule has 0 bridgehead atoms. The highest BCUT2D eigenvalue weighted by Crippen LogP contribution is 2.05. The number of hydrogen-bond acceptors (Lipinski definition) is 3. The molecule has 0 aromatic heterocycles. The summed E-state index contributed by atoms with van der Waals surface area (Å²) in [6.07, 6.45) is 2.18. The zero-order valence-electron chi connectivity index (χ0n) is 14.3. The van der Waals surface area contributed by atoms with E-state index >= 15 is 0 Å². The maximum atomic E-state index is 12.5. The smallest absolute Gasteiger partial charge is 0.251 e. The fraction of sp³-hybridized carbons (Fsp3) is 0.300. The zero-order valence-corrected chi connectivity index (χ0v) is 14.3. The van der Waals surface area contributed by atoms with Crippen LogP contribution in [0.4, 0.5) is 0 Å². The Labute approximate surface area is 148 Å². The lowest BCUT2D eigenvalue weighted by Crippen LogP contribution is -2.46. The van der Waals surface area contributed by atoms with E-state index in [-0.39, 0.29) is 11.8 Å². The van der Waals surface area contributed by atoms with Crippen LogP contribution in [-0.4, -0.2) is 24.4 Å². The lowest BCUT2D eigenvalue weighted by atomic mass is 10.1. The summed E-state index contributed by atoms with van der Waals surface area (Å²) in [6, 6.07) is 18.0. The summed E-state index contributed by atoms with van der Waals surface area (Å²) < 4.78 is 0. The maximum Gasteiger partial charge on any atom is 0.251 e. The summed E-state index contributed by atoms with van der Waals surface area (Å²) in [7, 11) is 0. The number of carbonyl (C=O) groups is 2. The summed E-state index contributed by atoms with van der Waals surface area (Å²) >= 11 is 0. The summed E-state index contributed by atoms with van der Waals surface area (Å²) in [5, 5.41) is 5.73. The topological polar surface area (TPSA) is 84.2 Å². The second-order valence-electron chi connectivity index (χ2n) is 5.88. The monoisotopic (exact) mass is 339 g/mol. The molecule has 0 saturated carbocycles. The first kappa shape index (κ1) is 18.7. The molecule has 2 amide bonds. The molecule has 0 spiro atoms. The highest BCUT2D eigenvalue weighted by molar-refractivity contribution is 5.97. The van der Waals surface area contributed by atoms with E-state index in [4.69, 9.17) is 5.73 Å². The van der Waals surface area contributed by atoms with E-state index < -0.39 is 6.04 Å². The lowest BCUT2D eigenvalue weighted by molar-refractivity contribution is -0.123. The number of amides is 2. The molecule has 5 heteroatoms. The van der Waals surface area contributed by atoms with Gasteiger partial charge < -0.3 is 16.4 Å². The quantitative estimate of drug-likeness (QED) is 0.613. The van der Waals surface area contributed by atoms with Gasteiger partial charge in [-0.1, -0.05) is 48.5 Å². The molecule has 0 radical (unpaired) electrons. The van der Waals surface area contributed by atoms with Crippen LogP contribution >= 0.6 is 0 Å². The number of carbonyl (C=O) groups excluding carboxylic acids is 2. The number of nitrogens with one attached hydrogen (secondary N) is 2. The van der Waals surface area contributed by atoms with Gasteiger partial charge in [-0.05, 0) is 43.5 Å². The van der Waals surface area contributed by atoms with Gasteiger partial charge in [0.05, 0.1) is 0 Å². The molecular weight excluding hydrogens is 314 g/mol. The molecule has 5 nitrogen and oxygen atoms in total. The number of unbranched alkanes of at least 4 members (excludes halogenated alkanes) is 1. The first-order valence-electron chi connectivity index (χ1n) is 8.58. The molecule has 4 N–H and O–H groups in total. The van der Waals surface area contributed by atoms with Crippen LogP contribution in [0.2, 0.25) is 0 Å². The van der Waals surface area contributed by atoms with Gasteiger partial charge in [0.25, 0.3) is 5.91 Å². The minimum atomic E-state index is -0.567. The van der Waals surface area contributed by atoms with E-state index in [2.05, 4.69) is 10.6 Å². The summed E-state index contributed by atoms with van der Waals surface area (Å²) in [5.74, 6) is -0.418. The predicted octanol–water partition coefficient (Wildman–Crippen LogP) is 2.23. The Kier molecular flexibility index (Phi) is 7.66. The number of benzene rings is 2. The molecule has 132 valence electrons. The van der Waals surface area contributed by atoms with Crippen molar-refractivity contribution in [3.05, 3.63) is 71.8 Å². The minimum Gasteiger partial charge on any atom is -0.350 e. The first-order valence-corrected chi connectivity index (χ1v) is 8.58. The molecule has 0 aliphatic rings. The van der Waals surface area contributed by atoms with Crippen LogP contribution in [0.1, 0.15) is 35.2 Å². The Morgan fingerprint density at radius 2 is 1.56 bits per heavy atom. The van der Waals surface area contributed by atoms with E-state index in [1.165, 1.54) is 0 Å². The van der Waals surface area contributed by atoms with E-state index in [1.54, 1.807) is 24.3 Å². The van der Waals surface area contributed by atoms with Crippen LogP contribution in [0.15, 0.2) is 60.7 Å². The molecule has 0 aliphatic carbocycles. The van der Waals surface area contributed by atoms with Crippen molar-refractivity contribution in [3.63, 3.8) is 0 Å². The average molecular weight is 339 g/mol. The summed E-state index contributed by atoms with van der Waals surface area (Å²) in [6.45, 7) is 1.01. The van der Waals surface area contributed by atoms with Crippen LogP contribution in [0.5, 0.6) is 0 Å². The fourth-order valence-corrected chi connectivity index (χ4v) is 2.50. The zero-order chi connectivity index (χ0) is 17.9. The van der Waals surface area contributed by atoms with Gasteiger partial charge in [-0.25, -0.2) is 0 Å². The van der Waals surface area contributed by atoms with Crippen molar-refractivity contribution in [2.24, 2.45) is 5.73 Å². The van der Waals surface area contributed by atoms with Crippen molar-refractivity contribution >= 4 is 11.8 Å². The number of nitrogens with two attached hydrogens (primary N) is 1. The van der Waals surface area contributed by atoms with Crippen molar-refractivity contribution in [3.8, 4) is 0 Å². The third-order valence-electron chi connectivity index (χ3n) is 3.91. The Bertz CT molecular complexity index is 659. The highest BCUT2D eigenvalue weighted by atomic mass is 16.2. The van der Waals surface area contributed by atoms with Crippen LogP contribution < -0.4 is 16.4 Å². The third-order valence-corrected chi connectivity index (χ3v) is 3.91. The Hall–Kier alpha value is -2.66. The van der Waals surface area contributed by atoms with E-state index in [0.717, 1.165) is 18.4 Å². The normalized spacial score (nSPS) is 11.6. The molecule has 2 rings (SSSR count). The third kappa shape index (κ3) is 6.39. The van der Waals surface area contributed by atoms with Crippen molar-refractivity contribution in [1.29, 1.82) is 0 Å². The molecule has 0 heterocycles. The van der Waals surface area contributed by atoms with Crippen molar-refractivity contribution in [1.82, 2.24) is 10.6 Å². The largest absolute Gasteiger partial charge is 0.350 e. The molecule has 0 unspecified atom stereocenters. The van der Waals surface area contributed by atoms with Crippen LogP contribution in [0.3, 0.4) is 0 Å².